The number of nitrogens with one attached hydrogen (secondary N) is 1. The lowest BCUT2D eigenvalue weighted by molar-refractivity contribution is 0.286. The van der Waals surface area contributed by atoms with E-state index < -0.39 is 0 Å². The van der Waals surface area contributed by atoms with Crippen LogP contribution in [-0.4, -0.2) is 45.4 Å². The predicted molar refractivity (Wildman–Crippen MR) is 71.3 cm³/mol. The number of hydrogen-bond acceptors (Lipinski definition) is 5. The molecule has 0 spiro atoms. The van der Waals surface area contributed by atoms with Gasteiger partial charge in [-0.3, -0.25) is 0 Å². The molecule has 2 aromatic rings. The molecule has 2 bridgehead atoms. The zero-order valence-corrected chi connectivity index (χ0v) is 10.6. The Labute approximate surface area is 111 Å². The van der Waals surface area contributed by atoms with E-state index in [1.54, 1.807) is 0 Å². The van der Waals surface area contributed by atoms with Gasteiger partial charge in [-0.05, 0) is 35.4 Å². The Kier molecular flexibility index (Phi) is 2.48. The van der Waals surface area contributed by atoms with Crippen molar-refractivity contribution < 1.29 is 0 Å². The Bertz CT molecular complexity index is 558. The van der Waals surface area contributed by atoms with E-state index >= 15 is 0 Å². The summed E-state index contributed by atoms with van der Waals surface area (Å²) < 4.78 is 1.83. The number of aromatic nitrogens is 4. The monoisotopic (exact) mass is 256 g/mol. The number of piperazine rings is 1. The molecule has 3 fully saturated rings. The third-order valence-corrected chi connectivity index (χ3v) is 4.06. The number of hydrogen-bond donors (Lipinski definition) is 1. The lowest BCUT2D eigenvalue weighted by Gasteiger charge is -2.45. The predicted octanol–water partition coefficient (Wildman–Crippen LogP) is 0.603. The number of rotatable bonds is 2. The number of nitrogens with zero attached hydrogens (tertiary/aromatic N) is 5. The molecule has 4 heterocycles. The molecule has 0 saturated carbocycles. The van der Waals surface area contributed by atoms with Crippen LogP contribution in [-0.2, 0) is 0 Å². The van der Waals surface area contributed by atoms with Crippen molar-refractivity contribution >= 4 is 5.95 Å². The zero-order chi connectivity index (χ0) is 12.7. The standard InChI is InChI=1S/C13H16N6/c1-2-4-11(5-3-1)19-13(15-16-17-19)18-9-10-6-7-12(18)8-14-10/h1-5,10,12,14H,6-9H2/t10-,12-/m0/s1. The van der Waals surface area contributed by atoms with Crippen LogP contribution in [0.4, 0.5) is 5.95 Å². The van der Waals surface area contributed by atoms with Crippen LogP contribution in [0.5, 0.6) is 0 Å². The molecular weight excluding hydrogens is 240 g/mol. The average Bonchev–Trinajstić information content (AvgIpc) is 2.98. The molecule has 2 atom stereocenters. The van der Waals surface area contributed by atoms with E-state index in [2.05, 4.69) is 25.7 Å². The first-order valence-corrected chi connectivity index (χ1v) is 6.75. The quantitative estimate of drug-likeness (QED) is 0.853. The highest BCUT2D eigenvalue weighted by Crippen LogP contribution is 2.27. The largest absolute Gasteiger partial charge is 0.334 e. The van der Waals surface area contributed by atoms with Crippen molar-refractivity contribution in [3.8, 4) is 5.69 Å². The molecule has 0 aliphatic carbocycles. The second-order valence-corrected chi connectivity index (χ2v) is 5.21. The van der Waals surface area contributed by atoms with Crippen molar-refractivity contribution in [1.29, 1.82) is 0 Å². The molecule has 3 saturated heterocycles. The Morgan fingerprint density at radius 2 is 2.05 bits per heavy atom. The van der Waals surface area contributed by atoms with Crippen LogP contribution in [0, 0.1) is 0 Å². The molecule has 0 radical (unpaired) electrons. The minimum atomic E-state index is 0.512. The number of piperidine rings is 2. The highest BCUT2D eigenvalue weighted by Gasteiger charge is 2.36. The SMILES string of the molecule is c1ccc(-n2nnnc2N2C[C@@H]3CC[C@H]2CN3)cc1. The molecule has 6 nitrogen and oxygen atoms in total. The van der Waals surface area contributed by atoms with Gasteiger partial charge in [-0.15, -0.1) is 0 Å². The lowest BCUT2D eigenvalue weighted by atomic mass is 9.93. The first-order chi connectivity index (χ1) is 9.42. The molecule has 1 N–H and O–H groups in total. The Morgan fingerprint density at radius 1 is 1.16 bits per heavy atom. The Morgan fingerprint density at radius 3 is 2.74 bits per heavy atom. The normalized spacial score (nSPS) is 25.8. The van der Waals surface area contributed by atoms with Crippen molar-refractivity contribution in [2.75, 3.05) is 18.0 Å². The van der Waals surface area contributed by atoms with Crippen LogP contribution in [0.15, 0.2) is 30.3 Å². The number of para-hydroxylation sites is 1. The summed E-state index contributed by atoms with van der Waals surface area (Å²) in [6.07, 6.45) is 2.48. The van der Waals surface area contributed by atoms with Gasteiger partial charge in [-0.2, -0.15) is 4.68 Å². The number of tetrazole rings is 1. The van der Waals surface area contributed by atoms with Crippen molar-refractivity contribution in [2.24, 2.45) is 0 Å². The van der Waals surface area contributed by atoms with E-state index in [4.69, 9.17) is 0 Å². The molecule has 5 rings (SSSR count). The van der Waals surface area contributed by atoms with Gasteiger partial charge in [0.15, 0.2) is 0 Å². The molecule has 0 unspecified atom stereocenters. The fourth-order valence-electron chi connectivity index (χ4n) is 3.05. The maximum atomic E-state index is 4.23. The number of anilines is 1. The van der Waals surface area contributed by atoms with Gasteiger partial charge in [0, 0.05) is 25.2 Å². The van der Waals surface area contributed by atoms with Crippen molar-refractivity contribution in [1.82, 2.24) is 25.5 Å². The molecule has 0 amide bonds. The topological polar surface area (TPSA) is 58.9 Å². The summed E-state index contributed by atoms with van der Waals surface area (Å²) in [7, 11) is 0. The molecule has 19 heavy (non-hydrogen) atoms. The van der Waals surface area contributed by atoms with Crippen LogP contribution in [0.25, 0.3) is 5.69 Å². The molecule has 98 valence electrons. The maximum absolute atomic E-state index is 4.23. The summed E-state index contributed by atoms with van der Waals surface area (Å²) in [5.74, 6) is 0.863. The fraction of sp³-hybridized carbons (Fsp3) is 0.462. The van der Waals surface area contributed by atoms with Crippen molar-refractivity contribution in [3.05, 3.63) is 30.3 Å². The maximum Gasteiger partial charge on any atom is 0.250 e. The van der Waals surface area contributed by atoms with Gasteiger partial charge in [0.2, 0.25) is 0 Å². The zero-order valence-electron chi connectivity index (χ0n) is 10.6. The van der Waals surface area contributed by atoms with E-state index in [1.807, 2.05) is 35.0 Å². The second-order valence-electron chi connectivity index (χ2n) is 5.21. The van der Waals surface area contributed by atoms with Crippen LogP contribution in [0.3, 0.4) is 0 Å². The summed E-state index contributed by atoms with van der Waals surface area (Å²) in [4.78, 5) is 2.34. The van der Waals surface area contributed by atoms with Gasteiger partial charge in [-0.1, -0.05) is 23.3 Å². The van der Waals surface area contributed by atoms with Gasteiger partial charge in [0.25, 0.3) is 5.95 Å². The van der Waals surface area contributed by atoms with Crippen LogP contribution in [0.1, 0.15) is 12.8 Å². The molecule has 1 aromatic carbocycles. The van der Waals surface area contributed by atoms with Crippen LogP contribution < -0.4 is 10.2 Å². The van der Waals surface area contributed by atoms with Gasteiger partial charge in [0.1, 0.15) is 0 Å². The van der Waals surface area contributed by atoms with E-state index in [0.29, 0.717) is 12.1 Å². The molecule has 6 heteroatoms. The smallest absolute Gasteiger partial charge is 0.250 e. The van der Waals surface area contributed by atoms with Crippen molar-refractivity contribution in [3.63, 3.8) is 0 Å². The van der Waals surface area contributed by atoms with Crippen LogP contribution >= 0.6 is 0 Å². The van der Waals surface area contributed by atoms with Crippen molar-refractivity contribution in [2.45, 2.75) is 24.9 Å². The van der Waals surface area contributed by atoms with E-state index in [1.165, 1.54) is 12.8 Å². The Balaban J connectivity index is 1.71. The number of fused-ring (bicyclic) bond motifs is 3. The van der Waals surface area contributed by atoms with Gasteiger partial charge in [0.05, 0.1) is 5.69 Å². The van der Waals surface area contributed by atoms with Gasteiger partial charge >= 0.3 is 0 Å². The summed E-state index contributed by atoms with van der Waals surface area (Å²) in [6.45, 7) is 2.03. The second kappa shape index (κ2) is 4.31. The fourth-order valence-corrected chi connectivity index (χ4v) is 3.05. The lowest BCUT2D eigenvalue weighted by Crippen LogP contribution is -2.61. The van der Waals surface area contributed by atoms with Crippen LogP contribution in [0.2, 0.25) is 0 Å². The van der Waals surface area contributed by atoms with E-state index in [-0.39, 0.29) is 0 Å². The highest BCUT2D eigenvalue weighted by atomic mass is 15.6. The summed E-state index contributed by atoms with van der Waals surface area (Å²) in [6, 6.07) is 11.2. The first kappa shape index (κ1) is 10.9. The first-order valence-electron chi connectivity index (χ1n) is 6.75. The third-order valence-electron chi connectivity index (χ3n) is 4.06. The molecule has 1 aromatic heterocycles. The summed E-state index contributed by atoms with van der Waals surface area (Å²) in [5, 5.41) is 15.8. The van der Waals surface area contributed by atoms with E-state index in [0.717, 1.165) is 24.7 Å². The highest BCUT2D eigenvalue weighted by molar-refractivity contribution is 5.42. The van der Waals surface area contributed by atoms with Gasteiger partial charge in [-0.25, -0.2) is 0 Å². The van der Waals surface area contributed by atoms with E-state index in [9.17, 15) is 0 Å². The molecular formula is C13H16N6. The Hall–Kier alpha value is -1.95. The molecule has 3 aliphatic rings. The molecule has 3 aliphatic heterocycles. The number of benzene rings is 1. The minimum Gasteiger partial charge on any atom is -0.334 e. The minimum absolute atomic E-state index is 0.512. The average molecular weight is 256 g/mol. The summed E-state index contributed by atoms with van der Waals surface area (Å²) >= 11 is 0. The van der Waals surface area contributed by atoms with Gasteiger partial charge < -0.3 is 10.2 Å². The summed E-state index contributed by atoms with van der Waals surface area (Å²) in [5.41, 5.74) is 1.01. The third kappa shape index (κ3) is 1.79.